The maximum absolute atomic E-state index is 10.9. The Labute approximate surface area is 192 Å². The molecule has 30 heavy (non-hydrogen) atoms. The maximum atomic E-state index is 10.9. The first kappa shape index (κ1) is 25.1. The number of hydrogen-bond donors (Lipinski definition) is 0. The van der Waals surface area contributed by atoms with Gasteiger partial charge in [0.1, 0.15) is 0 Å². The second kappa shape index (κ2) is 10.4. The van der Waals surface area contributed by atoms with Crippen molar-refractivity contribution in [1.29, 1.82) is 0 Å². The highest BCUT2D eigenvalue weighted by Crippen LogP contribution is 2.47. The molecule has 0 amide bonds. The summed E-state index contributed by atoms with van der Waals surface area (Å²) in [6, 6.07) is 0. The fourth-order valence-corrected chi connectivity index (χ4v) is 7.48. The summed E-state index contributed by atoms with van der Waals surface area (Å²) in [5, 5.41) is 0. The topological polar surface area (TPSA) is 17.1 Å². The van der Waals surface area contributed by atoms with Crippen molar-refractivity contribution in [3.05, 3.63) is 66.8 Å². The fraction of sp³-hybridized carbons (Fsp3) is 0.519. The van der Waals surface area contributed by atoms with Crippen molar-refractivity contribution in [3.63, 3.8) is 0 Å². The Morgan fingerprint density at radius 1 is 0.567 bits per heavy atom. The first-order valence-electron chi connectivity index (χ1n) is 10.9. The minimum Gasteiger partial charge on any atom is -0.298 e. The Morgan fingerprint density at radius 3 is 1.27 bits per heavy atom. The summed E-state index contributed by atoms with van der Waals surface area (Å²) >= 11 is 4.26. The predicted molar refractivity (Wildman–Crippen MR) is 138 cm³/mol. The van der Waals surface area contributed by atoms with E-state index >= 15 is 0 Å². The molecule has 2 aromatic carbocycles. The molecule has 0 bridgehead atoms. The normalized spacial score (nSPS) is 14.3. The molecule has 1 nitrogen and oxygen atoms in total. The van der Waals surface area contributed by atoms with E-state index in [4.69, 9.17) is 0 Å². The van der Waals surface area contributed by atoms with Crippen molar-refractivity contribution >= 4 is 29.8 Å². The van der Waals surface area contributed by atoms with Crippen LogP contribution < -0.4 is 0 Å². The number of aldehydes is 1. The highest BCUT2D eigenvalue weighted by atomic mass is 32.2. The molecule has 1 heterocycles. The summed E-state index contributed by atoms with van der Waals surface area (Å²) in [6.07, 6.45) is 2.33. The van der Waals surface area contributed by atoms with Crippen LogP contribution in [0.25, 0.3) is 0 Å². The zero-order chi connectivity index (χ0) is 22.7. The van der Waals surface area contributed by atoms with Gasteiger partial charge < -0.3 is 0 Å². The second-order valence-corrected chi connectivity index (χ2v) is 11.3. The standard InChI is InChI=1S/C15H22S2.C12H16O/c1-9-10(2)12(4)14(13(5)11(9)3)15-16-7-6-8-17-15;1-7-8(2)10(4)12(6-13)11(5)9(7)3/h15H,6-8H2,1-5H3;6H,1-5H3. The van der Waals surface area contributed by atoms with Crippen molar-refractivity contribution in [1.82, 2.24) is 0 Å². The van der Waals surface area contributed by atoms with E-state index in [1.165, 1.54) is 62.4 Å². The third kappa shape index (κ3) is 4.83. The Morgan fingerprint density at radius 2 is 0.900 bits per heavy atom. The number of hydrogen-bond acceptors (Lipinski definition) is 3. The first-order chi connectivity index (χ1) is 14.0. The molecule has 0 aliphatic carbocycles. The van der Waals surface area contributed by atoms with Gasteiger partial charge in [0, 0.05) is 5.56 Å². The molecule has 1 saturated heterocycles. The highest BCUT2D eigenvalue weighted by molar-refractivity contribution is 8.16. The molecule has 1 aliphatic rings. The Balaban J connectivity index is 0.000000222. The summed E-state index contributed by atoms with van der Waals surface area (Å²) in [6.45, 7) is 21.7. The summed E-state index contributed by atoms with van der Waals surface area (Å²) in [5.41, 5.74) is 16.0. The Hall–Kier alpha value is -1.19. The van der Waals surface area contributed by atoms with E-state index in [9.17, 15) is 4.79 Å². The molecule has 0 aromatic heterocycles. The molecule has 1 fully saturated rings. The summed E-state index contributed by atoms with van der Waals surface area (Å²) < 4.78 is 0.668. The molecule has 0 unspecified atom stereocenters. The van der Waals surface area contributed by atoms with E-state index in [2.05, 4.69) is 78.9 Å². The third-order valence-electron chi connectivity index (χ3n) is 7.30. The lowest BCUT2D eigenvalue weighted by molar-refractivity contribution is 0.112. The number of carbonyl (C=O) groups excluding carboxylic acids is 1. The molecule has 2 aromatic rings. The summed E-state index contributed by atoms with van der Waals surface area (Å²) in [4.78, 5) is 10.9. The fourth-order valence-electron chi connectivity index (χ4n) is 4.24. The molecule has 0 N–H and O–H groups in total. The summed E-state index contributed by atoms with van der Waals surface area (Å²) in [5.74, 6) is 2.64. The van der Waals surface area contributed by atoms with Crippen molar-refractivity contribution in [2.45, 2.75) is 80.2 Å². The van der Waals surface area contributed by atoms with Crippen molar-refractivity contribution in [3.8, 4) is 0 Å². The minimum absolute atomic E-state index is 0.668. The SMILES string of the molecule is Cc1c(C)c(C)c(C2SCCCS2)c(C)c1C.Cc1c(C)c(C)c(C=O)c(C)c1C. The minimum atomic E-state index is 0.668. The molecule has 0 saturated carbocycles. The van der Waals surface area contributed by atoms with Crippen molar-refractivity contribution < 1.29 is 4.79 Å². The van der Waals surface area contributed by atoms with Gasteiger partial charge in [0.15, 0.2) is 6.29 Å². The first-order valence-corrected chi connectivity index (χ1v) is 13.0. The van der Waals surface area contributed by atoms with Crippen LogP contribution in [0.3, 0.4) is 0 Å². The monoisotopic (exact) mass is 442 g/mol. The van der Waals surface area contributed by atoms with Gasteiger partial charge >= 0.3 is 0 Å². The molecular formula is C27H38OS2. The largest absolute Gasteiger partial charge is 0.298 e. The molecule has 1 aliphatic heterocycles. The predicted octanol–water partition coefficient (Wildman–Crippen LogP) is 8.14. The van der Waals surface area contributed by atoms with Crippen LogP contribution in [-0.4, -0.2) is 17.8 Å². The van der Waals surface area contributed by atoms with Crippen molar-refractivity contribution in [2.24, 2.45) is 0 Å². The smallest absolute Gasteiger partial charge is 0.150 e. The lowest BCUT2D eigenvalue weighted by Crippen LogP contribution is -2.08. The summed E-state index contributed by atoms with van der Waals surface area (Å²) in [7, 11) is 0. The molecule has 3 heteroatoms. The van der Waals surface area contributed by atoms with Gasteiger partial charge in [0.2, 0.25) is 0 Å². The number of thioether (sulfide) groups is 2. The van der Waals surface area contributed by atoms with Gasteiger partial charge in [-0.2, -0.15) is 0 Å². The molecular weight excluding hydrogens is 404 g/mol. The second-order valence-electron chi connectivity index (χ2n) is 8.62. The van der Waals surface area contributed by atoms with E-state index in [1.807, 2.05) is 13.8 Å². The Kier molecular flexibility index (Phi) is 8.70. The molecule has 3 rings (SSSR count). The van der Waals surface area contributed by atoms with Gasteiger partial charge in [-0.3, -0.25) is 4.79 Å². The molecule has 0 radical (unpaired) electrons. The van der Waals surface area contributed by atoms with Crippen LogP contribution in [0, 0.1) is 69.2 Å². The highest BCUT2D eigenvalue weighted by Gasteiger charge is 2.23. The number of benzene rings is 2. The van der Waals surface area contributed by atoms with E-state index in [0.717, 1.165) is 23.0 Å². The number of rotatable bonds is 2. The van der Waals surface area contributed by atoms with Crippen LogP contribution in [0.15, 0.2) is 0 Å². The van der Waals surface area contributed by atoms with Gasteiger partial charge in [0.05, 0.1) is 4.58 Å². The zero-order valence-corrected chi connectivity index (χ0v) is 22.1. The van der Waals surface area contributed by atoms with Crippen LogP contribution in [-0.2, 0) is 0 Å². The molecule has 0 atom stereocenters. The van der Waals surface area contributed by atoms with E-state index in [-0.39, 0.29) is 0 Å². The zero-order valence-electron chi connectivity index (χ0n) is 20.5. The van der Waals surface area contributed by atoms with Crippen LogP contribution in [0.5, 0.6) is 0 Å². The average molecular weight is 443 g/mol. The van der Waals surface area contributed by atoms with E-state index in [0.29, 0.717) is 4.58 Å². The third-order valence-corrected chi connectivity index (χ3v) is 10.2. The average Bonchev–Trinajstić information content (AvgIpc) is 2.75. The molecule has 164 valence electrons. The van der Waals surface area contributed by atoms with Crippen LogP contribution >= 0.6 is 23.5 Å². The molecule has 0 spiro atoms. The maximum Gasteiger partial charge on any atom is 0.150 e. The van der Waals surface area contributed by atoms with Gasteiger partial charge in [0.25, 0.3) is 0 Å². The Bertz CT molecular complexity index is 892. The van der Waals surface area contributed by atoms with Gasteiger partial charge in [-0.1, -0.05) is 0 Å². The van der Waals surface area contributed by atoms with Gasteiger partial charge in [-0.25, -0.2) is 0 Å². The van der Waals surface area contributed by atoms with Gasteiger partial charge in [-0.15, -0.1) is 23.5 Å². The van der Waals surface area contributed by atoms with Crippen LogP contribution in [0.2, 0.25) is 0 Å². The number of carbonyl (C=O) groups is 1. The quantitative estimate of drug-likeness (QED) is 0.437. The van der Waals surface area contributed by atoms with Crippen LogP contribution in [0.4, 0.5) is 0 Å². The van der Waals surface area contributed by atoms with E-state index in [1.54, 1.807) is 5.56 Å². The lowest BCUT2D eigenvalue weighted by Gasteiger charge is -2.27. The van der Waals surface area contributed by atoms with Crippen LogP contribution in [0.1, 0.15) is 82.6 Å². The lowest BCUT2D eigenvalue weighted by atomic mass is 9.90. The van der Waals surface area contributed by atoms with Crippen molar-refractivity contribution in [2.75, 3.05) is 11.5 Å². The van der Waals surface area contributed by atoms with Gasteiger partial charge in [-0.05, 0) is 148 Å². The van der Waals surface area contributed by atoms with E-state index < -0.39 is 0 Å².